The number of anilines is 6. The summed E-state index contributed by atoms with van der Waals surface area (Å²) in [4.78, 5) is 32.7. The molecule has 11 nitrogen and oxygen atoms in total. The van der Waals surface area contributed by atoms with Gasteiger partial charge in [-0.1, -0.05) is 0 Å². The molecule has 2 aromatic carbocycles. The lowest BCUT2D eigenvalue weighted by Crippen LogP contribution is -2.44. The van der Waals surface area contributed by atoms with Gasteiger partial charge in [0.25, 0.3) is 0 Å². The van der Waals surface area contributed by atoms with Crippen molar-refractivity contribution in [1.82, 2.24) is 14.9 Å². The molecule has 9 rings (SSSR count). The summed E-state index contributed by atoms with van der Waals surface area (Å²) in [5.41, 5.74) is 8.37. The maximum Gasteiger partial charge on any atom is 0.451 e. The molecule has 2 aromatic heterocycles. The number of aryl methyl sites for hydroxylation is 2. The van der Waals surface area contributed by atoms with Crippen LogP contribution < -0.4 is 20.4 Å². The highest BCUT2D eigenvalue weighted by atomic mass is 19.4. The predicted octanol–water partition coefficient (Wildman–Crippen LogP) is 9.29. The van der Waals surface area contributed by atoms with Crippen molar-refractivity contribution in [1.29, 1.82) is 0 Å². The number of hydrogen-bond acceptors (Lipinski definition) is 11. The van der Waals surface area contributed by atoms with E-state index in [1.54, 1.807) is 12.4 Å². The summed E-state index contributed by atoms with van der Waals surface area (Å²) in [6.07, 6.45) is 9.19. The quantitative estimate of drug-likeness (QED) is 0.184. The van der Waals surface area contributed by atoms with Crippen LogP contribution in [0.5, 0.6) is 0 Å². The molecule has 7 heterocycles. The van der Waals surface area contributed by atoms with Gasteiger partial charge in [0.2, 0.25) is 17.8 Å². The molecule has 2 N–H and O–H groups in total. The number of guanidine groups is 2. The van der Waals surface area contributed by atoms with Gasteiger partial charge in [-0.25, -0.2) is 24.9 Å². The minimum atomic E-state index is -4.83. The number of allylic oxidation sites excluding steroid dienone is 2. The maximum atomic E-state index is 14.5. The zero-order chi connectivity index (χ0) is 39.1. The van der Waals surface area contributed by atoms with Gasteiger partial charge in [-0.15, -0.1) is 0 Å². The zero-order valence-electron chi connectivity index (χ0n) is 31.8. The van der Waals surface area contributed by atoms with Gasteiger partial charge < -0.3 is 20.4 Å². The number of aliphatic imine (C=N–C) groups is 4. The summed E-state index contributed by atoms with van der Waals surface area (Å²) in [6, 6.07) is 19.9. The number of rotatable bonds is 8. The molecule has 0 aliphatic carbocycles. The molecule has 0 unspecified atom stereocenters. The van der Waals surface area contributed by atoms with Crippen LogP contribution in [0.2, 0.25) is 0 Å². The Labute approximate surface area is 329 Å². The van der Waals surface area contributed by atoms with E-state index in [-0.39, 0.29) is 11.9 Å². The number of benzene rings is 2. The minimum absolute atomic E-state index is 0.165. The monoisotopic (exact) mass is 769 g/mol. The molecule has 4 aromatic rings. The molecule has 0 saturated carbocycles. The number of alkyl halides is 3. The summed E-state index contributed by atoms with van der Waals surface area (Å²) < 4.78 is 43.4. The van der Waals surface area contributed by atoms with Crippen molar-refractivity contribution in [3.05, 3.63) is 113 Å². The smallest absolute Gasteiger partial charge is 0.371 e. The predicted molar refractivity (Wildman–Crippen MR) is 222 cm³/mol. The van der Waals surface area contributed by atoms with E-state index in [0.717, 1.165) is 85.7 Å². The first-order valence-electron chi connectivity index (χ1n) is 19.5. The van der Waals surface area contributed by atoms with E-state index < -0.39 is 12.0 Å². The Balaban J connectivity index is 1.18. The third-order valence-electron chi connectivity index (χ3n) is 10.7. The molecular formula is C43H42F3N11. The number of piperidine rings is 2. The molecule has 14 heteroatoms. The third-order valence-corrected chi connectivity index (χ3v) is 10.7. The third kappa shape index (κ3) is 7.63. The lowest BCUT2D eigenvalue weighted by Gasteiger charge is -2.34. The number of nitrogens with one attached hydrogen (secondary N) is 2. The Morgan fingerprint density at radius 3 is 1.68 bits per heavy atom. The maximum absolute atomic E-state index is 14.5. The SMILES string of the molecule is Cc1ccnc(Nc2cc(N3CCCCC3)ccc2C2=CC3=CC(c4ccc(N5CCCCC5)cc4Nc4cc(C)ccn4)=NC4=NC(C(F)(F)F)=NC(=N2)N34)c1. The Bertz CT molecular complexity index is 2300. The molecule has 2 saturated heterocycles. The fraction of sp³-hybridized carbons (Fsp3) is 0.302. The van der Waals surface area contributed by atoms with Crippen LogP contribution in [-0.4, -0.2) is 70.7 Å². The Morgan fingerprint density at radius 1 is 0.579 bits per heavy atom. The average Bonchev–Trinajstić information content (AvgIpc) is 3.21. The lowest BCUT2D eigenvalue weighted by atomic mass is 10.0. The standard InChI is InChI=1S/C43H42F3N11/c1-27-13-15-47-38(21-27)49-34-23-29(55-17-5-3-6-18-55)9-11-32(34)36-25-31-26-37(52-42-54-40(43(44,45)46)53-41(51-36)57(31)42)33-12-10-30(56-19-7-4-8-20-56)24-35(33)50-39-22-28(2)14-16-48-39/h9-16,21-26H,3-8,17-20H2,1-2H3,(H,47,49)(H,48,50). The van der Waals surface area contributed by atoms with E-state index in [2.05, 4.69) is 52.5 Å². The number of aromatic nitrogens is 2. The van der Waals surface area contributed by atoms with Crippen LogP contribution in [0, 0.1) is 13.8 Å². The van der Waals surface area contributed by atoms with E-state index in [1.807, 2.05) is 74.5 Å². The molecule has 57 heavy (non-hydrogen) atoms. The van der Waals surface area contributed by atoms with Gasteiger partial charge in [0.15, 0.2) is 0 Å². The van der Waals surface area contributed by atoms with Gasteiger partial charge in [0, 0.05) is 61.1 Å². The fourth-order valence-corrected chi connectivity index (χ4v) is 7.82. The number of amidine groups is 1. The molecule has 0 spiro atoms. The summed E-state index contributed by atoms with van der Waals surface area (Å²) in [7, 11) is 0. The van der Waals surface area contributed by atoms with E-state index >= 15 is 0 Å². The van der Waals surface area contributed by atoms with Crippen molar-refractivity contribution >= 4 is 63.5 Å². The van der Waals surface area contributed by atoms with Crippen molar-refractivity contribution in [2.75, 3.05) is 46.6 Å². The number of hydrogen-bond donors (Lipinski definition) is 2. The van der Waals surface area contributed by atoms with E-state index in [0.29, 0.717) is 39.9 Å². The van der Waals surface area contributed by atoms with Crippen molar-refractivity contribution in [3.63, 3.8) is 0 Å². The summed E-state index contributed by atoms with van der Waals surface area (Å²) in [5, 5.41) is 6.98. The van der Waals surface area contributed by atoms with Crippen molar-refractivity contribution < 1.29 is 13.2 Å². The first kappa shape index (κ1) is 36.3. The topological polar surface area (TPSA) is 109 Å². The second kappa shape index (κ2) is 15.0. The summed E-state index contributed by atoms with van der Waals surface area (Å²) >= 11 is 0. The van der Waals surface area contributed by atoms with Crippen LogP contribution in [0.3, 0.4) is 0 Å². The number of nitrogens with zero attached hydrogens (tertiary/aromatic N) is 9. The Hall–Kier alpha value is -6.31. The molecule has 290 valence electrons. The first-order valence-corrected chi connectivity index (χ1v) is 19.5. The molecule has 0 bridgehead atoms. The van der Waals surface area contributed by atoms with Gasteiger partial charge >= 0.3 is 6.18 Å². The largest absolute Gasteiger partial charge is 0.451 e. The molecular weight excluding hydrogens is 728 g/mol. The number of pyridine rings is 2. The Kier molecular flexibility index (Phi) is 9.55. The minimum Gasteiger partial charge on any atom is -0.371 e. The first-order chi connectivity index (χ1) is 27.6. The highest BCUT2D eigenvalue weighted by Crippen LogP contribution is 2.39. The summed E-state index contributed by atoms with van der Waals surface area (Å²) in [5.74, 6) is -0.361. The van der Waals surface area contributed by atoms with Crippen LogP contribution in [0.4, 0.5) is 47.6 Å². The molecule has 0 atom stereocenters. The summed E-state index contributed by atoms with van der Waals surface area (Å²) in [6.45, 7) is 7.78. The Morgan fingerprint density at radius 2 is 1.12 bits per heavy atom. The van der Waals surface area contributed by atoms with Gasteiger partial charge in [-0.05, 0) is 136 Å². The van der Waals surface area contributed by atoms with Gasteiger partial charge in [-0.2, -0.15) is 23.2 Å². The highest BCUT2D eigenvalue weighted by Gasteiger charge is 2.43. The molecule has 0 amide bonds. The second-order valence-electron chi connectivity index (χ2n) is 14.9. The number of halogens is 3. The van der Waals surface area contributed by atoms with Crippen molar-refractivity contribution in [2.24, 2.45) is 20.0 Å². The van der Waals surface area contributed by atoms with Gasteiger partial charge in [-0.3, -0.25) is 0 Å². The lowest BCUT2D eigenvalue weighted by molar-refractivity contribution is -0.0597. The van der Waals surface area contributed by atoms with Crippen molar-refractivity contribution in [2.45, 2.75) is 58.5 Å². The van der Waals surface area contributed by atoms with Crippen LogP contribution in [0.1, 0.15) is 60.8 Å². The average molecular weight is 770 g/mol. The van der Waals surface area contributed by atoms with E-state index in [9.17, 15) is 13.2 Å². The highest BCUT2D eigenvalue weighted by molar-refractivity contribution is 6.26. The fourth-order valence-electron chi connectivity index (χ4n) is 7.82. The molecule has 2 fully saturated rings. The van der Waals surface area contributed by atoms with Crippen LogP contribution in [-0.2, 0) is 0 Å². The van der Waals surface area contributed by atoms with E-state index in [4.69, 9.17) is 9.98 Å². The second-order valence-corrected chi connectivity index (χ2v) is 14.9. The van der Waals surface area contributed by atoms with E-state index in [1.165, 1.54) is 17.7 Å². The van der Waals surface area contributed by atoms with Crippen LogP contribution >= 0.6 is 0 Å². The zero-order valence-corrected chi connectivity index (χ0v) is 31.8. The van der Waals surface area contributed by atoms with Crippen LogP contribution in [0.15, 0.2) is 111 Å². The molecule has 5 aliphatic heterocycles. The normalized spacial score (nSPS) is 18.1. The molecule has 0 radical (unpaired) electrons. The van der Waals surface area contributed by atoms with Crippen molar-refractivity contribution in [3.8, 4) is 0 Å². The van der Waals surface area contributed by atoms with Gasteiger partial charge in [0.1, 0.15) is 11.6 Å². The van der Waals surface area contributed by atoms with Crippen LogP contribution in [0.25, 0.3) is 5.70 Å². The van der Waals surface area contributed by atoms with Gasteiger partial charge in [0.05, 0.1) is 28.5 Å². The molecule has 5 aliphatic rings.